The molecule has 3 aliphatic rings. The van der Waals surface area contributed by atoms with E-state index < -0.39 is 96.7 Å². The highest BCUT2D eigenvalue weighted by molar-refractivity contribution is 8.00. The summed E-state index contributed by atoms with van der Waals surface area (Å²) >= 11 is 1.87. The number of aliphatic hydroxyl groups excluding tert-OH is 1. The first-order valence-electron chi connectivity index (χ1n) is 28.9. The second kappa shape index (κ2) is 36.3. The molecule has 83 heavy (non-hydrogen) atoms. The third kappa shape index (κ3) is 24.3. The van der Waals surface area contributed by atoms with Gasteiger partial charge in [0, 0.05) is 75.5 Å². The minimum absolute atomic E-state index is 0.0177. The number of rotatable bonds is 26. The van der Waals surface area contributed by atoms with Crippen LogP contribution < -0.4 is 58.9 Å². The van der Waals surface area contributed by atoms with Crippen LogP contribution in [0, 0.1) is 11.8 Å². The van der Waals surface area contributed by atoms with Gasteiger partial charge in [0.1, 0.15) is 30.2 Å². The normalized spacial score (nSPS) is 24.5. The summed E-state index contributed by atoms with van der Waals surface area (Å²) in [4.78, 5) is 126. The lowest BCUT2D eigenvalue weighted by molar-refractivity contribution is -0.135. The third-order valence-electron chi connectivity index (χ3n) is 13.9. The average Bonchev–Trinajstić information content (AvgIpc) is 4.42. The first-order chi connectivity index (χ1) is 39.9. The highest BCUT2D eigenvalue weighted by Crippen LogP contribution is 2.33. The Labute approximate surface area is 488 Å². The van der Waals surface area contributed by atoms with Crippen molar-refractivity contribution in [2.75, 3.05) is 71.6 Å². The van der Waals surface area contributed by atoms with Gasteiger partial charge in [0.15, 0.2) is 0 Å². The lowest BCUT2D eigenvalue weighted by Crippen LogP contribution is -2.60. The van der Waals surface area contributed by atoms with Crippen LogP contribution in [-0.2, 0) is 72.0 Å². The number of carbonyl (C=O) groups is 9. The van der Waals surface area contributed by atoms with Crippen LogP contribution in [-0.4, -0.2) is 209 Å². The molecule has 2 fully saturated rings. The van der Waals surface area contributed by atoms with Crippen molar-refractivity contribution in [2.24, 2.45) is 17.6 Å². The maximum Gasteiger partial charge on any atom is 0.315 e. The number of amides is 10. The zero-order valence-corrected chi connectivity index (χ0v) is 49.0. The molecule has 464 valence electrons. The summed E-state index contributed by atoms with van der Waals surface area (Å²) in [5, 5.41) is 46.3. The number of ether oxygens (including phenoxy) is 3. The number of hydrogen-bond donors (Lipinski definition) is 13. The Kier molecular flexibility index (Phi) is 29.4. The van der Waals surface area contributed by atoms with Gasteiger partial charge in [0.05, 0.1) is 75.4 Å². The molecule has 0 radical (unpaired) electrons. The van der Waals surface area contributed by atoms with E-state index in [1.54, 1.807) is 38.6 Å². The van der Waals surface area contributed by atoms with Crippen LogP contribution in [0.4, 0.5) is 4.79 Å². The Balaban J connectivity index is 1.05. The number of nitrogens with one attached hydrogen (secondary N) is 11. The van der Waals surface area contributed by atoms with Crippen LogP contribution >= 0.6 is 11.8 Å². The number of H-pyrrole nitrogens is 1. The van der Waals surface area contributed by atoms with Crippen molar-refractivity contribution in [1.82, 2.24) is 78.1 Å². The van der Waals surface area contributed by atoms with E-state index in [4.69, 9.17) is 19.9 Å². The van der Waals surface area contributed by atoms with Gasteiger partial charge in [-0.2, -0.15) is 11.8 Å². The fraction of sp³-hybridized carbons (Fsp3) is 0.736. The van der Waals surface area contributed by atoms with Crippen LogP contribution in [0.5, 0.6) is 0 Å². The van der Waals surface area contributed by atoms with Crippen molar-refractivity contribution in [3.63, 3.8) is 0 Å². The SMILES string of the molecule is CC(C)C[C@@H]1NC(=O)[C@H](Cc2c[nH]cn2)NC(=O)[C@H](C(C)C)NC(=O)[C@@H](N)Cc2cn(nn2)CCCC[C@@H](C(=O)NCCCOCCOCCOCCCNC(=O)CCCC[C@H]2SC[C@H]3NC(=O)N[C@H]32)NC(=O)CNC(=O)[C@H](CO)NC1=O. The summed E-state index contributed by atoms with van der Waals surface area (Å²) in [5.74, 6) is -4.73. The Morgan fingerprint density at radius 2 is 1.47 bits per heavy atom. The molecule has 0 unspecified atom stereocenters. The van der Waals surface area contributed by atoms with Crippen molar-refractivity contribution in [2.45, 2.75) is 165 Å². The van der Waals surface area contributed by atoms with Crippen LogP contribution in [0.25, 0.3) is 0 Å². The number of nitrogens with two attached hydrogens (primary N) is 1. The highest BCUT2D eigenvalue weighted by Gasteiger charge is 2.42. The fourth-order valence-electron chi connectivity index (χ4n) is 9.42. The summed E-state index contributed by atoms with van der Waals surface area (Å²) in [6.07, 6.45) is 9.96. The molecule has 9 atom stereocenters. The number of carbonyl (C=O) groups excluding carboxylic acids is 9. The van der Waals surface area contributed by atoms with Gasteiger partial charge >= 0.3 is 6.03 Å². The molecule has 2 aromatic rings. The summed E-state index contributed by atoms with van der Waals surface area (Å²) in [6.45, 7) is 8.87. The maximum atomic E-state index is 14.0. The van der Waals surface area contributed by atoms with Crippen LogP contribution in [0.3, 0.4) is 0 Å². The first-order valence-corrected chi connectivity index (χ1v) is 29.9. The number of urea groups is 1. The topological polar surface area (TPSA) is 407 Å². The van der Waals surface area contributed by atoms with Gasteiger partial charge in [-0.25, -0.2) is 9.78 Å². The minimum Gasteiger partial charge on any atom is -0.394 e. The molecule has 30 heteroatoms. The number of unbranched alkanes of at least 4 members (excludes halogenated alkanes) is 1. The van der Waals surface area contributed by atoms with Crippen LogP contribution in [0.15, 0.2) is 18.7 Å². The lowest BCUT2D eigenvalue weighted by Gasteiger charge is -2.28. The summed E-state index contributed by atoms with van der Waals surface area (Å²) in [5.41, 5.74) is 7.13. The highest BCUT2D eigenvalue weighted by atomic mass is 32.2. The zero-order valence-electron chi connectivity index (χ0n) is 48.2. The van der Waals surface area contributed by atoms with E-state index in [9.17, 15) is 48.3 Å². The van der Waals surface area contributed by atoms with Gasteiger partial charge in [0.25, 0.3) is 0 Å². The van der Waals surface area contributed by atoms with Crippen molar-refractivity contribution in [3.05, 3.63) is 30.1 Å². The lowest BCUT2D eigenvalue weighted by atomic mass is 10.00. The fourth-order valence-corrected chi connectivity index (χ4v) is 11.0. The Hall–Kier alpha value is -6.47. The molecular weight excluding hydrogens is 1100 g/mol. The molecule has 2 saturated heterocycles. The molecule has 3 aliphatic heterocycles. The third-order valence-corrected chi connectivity index (χ3v) is 15.4. The molecule has 0 spiro atoms. The van der Waals surface area contributed by atoms with E-state index >= 15 is 0 Å². The largest absolute Gasteiger partial charge is 0.394 e. The number of nitrogens with zero attached hydrogens (tertiary/aromatic N) is 4. The van der Waals surface area contributed by atoms with Gasteiger partial charge in [-0.3, -0.25) is 43.0 Å². The molecule has 2 aromatic heterocycles. The van der Waals surface area contributed by atoms with Crippen LogP contribution in [0.1, 0.15) is 103 Å². The van der Waals surface area contributed by atoms with Crippen molar-refractivity contribution >= 4 is 65.1 Å². The smallest absolute Gasteiger partial charge is 0.315 e. The van der Waals surface area contributed by atoms with Crippen molar-refractivity contribution in [3.8, 4) is 0 Å². The predicted molar refractivity (Wildman–Crippen MR) is 304 cm³/mol. The molecule has 5 heterocycles. The molecule has 10 amide bonds. The summed E-state index contributed by atoms with van der Waals surface area (Å²) in [6, 6.07) is -7.10. The maximum absolute atomic E-state index is 14.0. The Morgan fingerprint density at radius 1 is 0.783 bits per heavy atom. The zero-order chi connectivity index (χ0) is 60.1. The van der Waals surface area contributed by atoms with Gasteiger partial charge < -0.3 is 83.2 Å². The van der Waals surface area contributed by atoms with Gasteiger partial charge in [-0.15, -0.1) is 5.10 Å². The van der Waals surface area contributed by atoms with Crippen molar-refractivity contribution < 1.29 is 62.5 Å². The van der Waals surface area contributed by atoms with Gasteiger partial charge in [-0.1, -0.05) is 39.3 Å². The summed E-state index contributed by atoms with van der Waals surface area (Å²) in [7, 11) is 0. The van der Waals surface area contributed by atoms with E-state index in [1.807, 2.05) is 11.8 Å². The number of fused-ring (bicyclic) bond motifs is 3. The average molecular weight is 1190 g/mol. The molecule has 14 N–H and O–H groups in total. The van der Waals surface area contributed by atoms with Crippen LogP contribution in [0.2, 0.25) is 0 Å². The molecular formula is C53H88N16O13S. The standard InChI is InChI=1S/C53H88N16O13S/c1-32(2)23-38-50(76)63-40(29-70)49(75)58-27-44(72)60-37(48(74)57-15-10-18-81-20-22-82-21-19-80-17-9-14-56-43(71)13-6-5-12-42-46-41(30-83-42)64-53(79)66-46)11-7-8-16-69-28-35(67-68-69)24-36(54)47(73)65-45(33(3)4)52(78)62-39(51(77)61-38)25-34-26-55-31-59-34/h26,28,31-33,36-42,45-46,70H,5-25,27,29-30,54H2,1-4H3,(H,55,59)(H,56,71)(H,57,74)(H,58,75)(H,60,72)(H,61,77)(H,62,78)(H,63,76)(H,65,73)(H2,64,66,79)/t36-,37-,38-,39-,40-,41+,42+,45-,46+/m0/s1. The second-order valence-electron chi connectivity index (χ2n) is 21.7. The summed E-state index contributed by atoms with van der Waals surface area (Å²) < 4.78 is 18.4. The monoisotopic (exact) mass is 1190 g/mol. The van der Waals surface area contributed by atoms with E-state index in [0.29, 0.717) is 101 Å². The molecule has 0 aliphatic carbocycles. The number of aryl methyl sites for hydroxylation is 1. The first kappa shape index (κ1) is 67.3. The molecule has 0 aromatic carbocycles. The molecule has 5 rings (SSSR count). The van der Waals surface area contributed by atoms with Gasteiger partial charge in [0.2, 0.25) is 47.3 Å². The number of hydrogen-bond acceptors (Lipinski definition) is 18. The number of aromatic nitrogens is 5. The number of imidazole rings is 1. The van der Waals surface area contributed by atoms with Gasteiger partial charge in [-0.05, 0) is 63.2 Å². The number of aromatic amines is 1. The predicted octanol–water partition coefficient (Wildman–Crippen LogP) is -2.68. The van der Waals surface area contributed by atoms with E-state index in [0.717, 1.165) is 25.0 Å². The van der Waals surface area contributed by atoms with Crippen molar-refractivity contribution in [1.29, 1.82) is 0 Å². The number of thioether (sulfide) groups is 1. The van der Waals surface area contributed by atoms with E-state index in [-0.39, 0.29) is 62.2 Å². The minimum atomic E-state index is -1.55. The Morgan fingerprint density at radius 3 is 2.16 bits per heavy atom. The van der Waals surface area contributed by atoms with E-state index in [1.165, 1.54) is 12.5 Å². The quantitative estimate of drug-likeness (QED) is 0.0337. The molecule has 0 saturated carbocycles. The molecule has 2 bridgehead atoms. The van der Waals surface area contributed by atoms with E-state index in [2.05, 4.69) is 73.4 Å². The molecule has 29 nitrogen and oxygen atoms in total. The Bertz CT molecular complexity index is 2380. The second-order valence-corrected chi connectivity index (χ2v) is 22.9. The number of aliphatic hydroxyl groups is 1.